The van der Waals surface area contributed by atoms with Crippen molar-refractivity contribution >= 4 is 5.91 Å². The van der Waals surface area contributed by atoms with Gasteiger partial charge in [0.25, 0.3) is 5.91 Å². The molecule has 0 bridgehead atoms. The Kier molecular flexibility index (Phi) is 4.88. The van der Waals surface area contributed by atoms with Gasteiger partial charge in [-0.3, -0.25) is 4.79 Å². The van der Waals surface area contributed by atoms with Crippen molar-refractivity contribution in [1.29, 1.82) is 0 Å². The third-order valence-corrected chi connectivity index (χ3v) is 3.52. The molecule has 0 N–H and O–H groups in total. The Bertz CT molecular complexity index is 704. The first-order chi connectivity index (χ1) is 11.9. The second-order valence-electron chi connectivity index (χ2n) is 5.33. The highest BCUT2D eigenvalue weighted by atomic mass is 19.4. The van der Waals surface area contributed by atoms with E-state index in [2.05, 4.69) is 10.1 Å². The fourth-order valence-electron chi connectivity index (χ4n) is 2.31. The third kappa shape index (κ3) is 4.27. The van der Waals surface area contributed by atoms with Crippen LogP contribution in [0.25, 0.3) is 0 Å². The Balaban J connectivity index is 1.66. The van der Waals surface area contributed by atoms with Crippen molar-refractivity contribution in [3.63, 3.8) is 0 Å². The molecule has 10 heteroatoms. The van der Waals surface area contributed by atoms with Crippen LogP contribution in [0.2, 0.25) is 0 Å². The van der Waals surface area contributed by atoms with Gasteiger partial charge >= 0.3 is 6.18 Å². The van der Waals surface area contributed by atoms with Crippen LogP contribution in [0.4, 0.5) is 13.2 Å². The van der Waals surface area contributed by atoms with E-state index >= 15 is 0 Å². The predicted octanol–water partition coefficient (Wildman–Crippen LogP) is 2.01. The number of aromatic nitrogens is 2. The summed E-state index contributed by atoms with van der Waals surface area (Å²) < 4.78 is 53.4. The molecule has 1 fully saturated rings. The van der Waals surface area contributed by atoms with Gasteiger partial charge in [0.05, 0.1) is 31.5 Å². The van der Waals surface area contributed by atoms with Gasteiger partial charge in [0.15, 0.2) is 0 Å². The molecule has 134 valence electrons. The van der Waals surface area contributed by atoms with Crippen LogP contribution >= 0.6 is 0 Å². The lowest BCUT2D eigenvalue weighted by atomic mass is 10.3. The number of halogens is 3. The van der Waals surface area contributed by atoms with E-state index in [1.165, 1.54) is 17.2 Å². The molecule has 0 aliphatic carbocycles. The Hall–Kier alpha value is -2.62. The maximum atomic E-state index is 12.5. The van der Waals surface area contributed by atoms with Crippen LogP contribution in [0.5, 0.6) is 5.88 Å². The van der Waals surface area contributed by atoms with E-state index in [0.29, 0.717) is 19.3 Å². The smallest absolute Gasteiger partial charge is 0.417 e. The Morgan fingerprint density at radius 1 is 1.32 bits per heavy atom. The van der Waals surface area contributed by atoms with Crippen LogP contribution in [-0.2, 0) is 10.9 Å². The predicted molar refractivity (Wildman–Crippen MR) is 76.9 cm³/mol. The SMILES string of the molecule is O=C(c1ccno1)N1CCOCC(Oc2ccc(C(F)(F)F)cn2)C1. The van der Waals surface area contributed by atoms with Gasteiger partial charge in [0, 0.05) is 24.9 Å². The Morgan fingerprint density at radius 3 is 2.80 bits per heavy atom. The molecule has 0 spiro atoms. The summed E-state index contributed by atoms with van der Waals surface area (Å²) in [7, 11) is 0. The van der Waals surface area contributed by atoms with Gasteiger partial charge in [-0.25, -0.2) is 4.98 Å². The third-order valence-electron chi connectivity index (χ3n) is 3.52. The zero-order valence-corrected chi connectivity index (χ0v) is 12.9. The minimum atomic E-state index is -4.46. The molecule has 0 radical (unpaired) electrons. The summed E-state index contributed by atoms with van der Waals surface area (Å²) in [6.07, 6.45) is -2.97. The lowest BCUT2D eigenvalue weighted by molar-refractivity contribution is -0.137. The average Bonchev–Trinajstić information content (AvgIpc) is 3.01. The minimum absolute atomic E-state index is 0.0237. The summed E-state index contributed by atoms with van der Waals surface area (Å²) in [4.78, 5) is 17.4. The molecule has 1 aliphatic rings. The molecule has 7 nitrogen and oxygen atoms in total. The van der Waals surface area contributed by atoms with E-state index in [4.69, 9.17) is 14.0 Å². The summed E-state index contributed by atoms with van der Waals surface area (Å²) >= 11 is 0. The van der Waals surface area contributed by atoms with Crippen molar-refractivity contribution in [2.24, 2.45) is 0 Å². The van der Waals surface area contributed by atoms with E-state index in [9.17, 15) is 18.0 Å². The van der Waals surface area contributed by atoms with Gasteiger partial charge in [-0.2, -0.15) is 13.2 Å². The molecule has 1 atom stereocenters. The van der Waals surface area contributed by atoms with Crippen LogP contribution in [0.3, 0.4) is 0 Å². The number of hydrogen-bond acceptors (Lipinski definition) is 6. The van der Waals surface area contributed by atoms with Gasteiger partial charge in [-0.05, 0) is 6.07 Å². The molecule has 2 aromatic rings. The molecule has 0 aromatic carbocycles. The van der Waals surface area contributed by atoms with Crippen LogP contribution in [0, 0.1) is 0 Å². The number of alkyl halides is 3. The van der Waals surface area contributed by atoms with Crippen LogP contribution in [0.1, 0.15) is 16.1 Å². The normalized spacial score (nSPS) is 18.7. The molecule has 3 heterocycles. The number of nitrogens with zero attached hydrogens (tertiary/aromatic N) is 3. The monoisotopic (exact) mass is 357 g/mol. The highest BCUT2D eigenvalue weighted by molar-refractivity contribution is 5.91. The number of carbonyl (C=O) groups is 1. The summed E-state index contributed by atoms with van der Waals surface area (Å²) in [5.74, 6) is -0.249. The zero-order valence-electron chi connectivity index (χ0n) is 12.9. The van der Waals surface area contributed by atoms with Gasteiger partial charge < -0.3 is 18.9 Å². The first-order valence-electron chi connectivity index (χ1n) is 7.41. The first-order valence-corrected chi connectivity index (χ1v) is 7.41. The molecule has 0 saturated carbocycles. The lowest BCUT2D eigenvalue weighted by Gasteiger charge is -2.23. The van der Waals surface area contributed by atoms with E-state index < -0.39 is 17.8 Å². The maximum absolute atomic E-state index is 12.5. The van der Waals surface area contributed by atoms with Gasteiger partial charge in [0.2, 0.25) is 11.6 Å². The van der Waals surface area contributed by atoms with Crippen molar-refractivity contribution in [3.05, 3.63) is 41.9 Å². The summed E-state index contributed by atoms with van der Waals surface area (Å²) in [6, 6.07) is 3.47. The molecule has 25 heavy (non-hydrogen) atoms. The average molecular weight is 357 g/mol. The Labute approximate surface area is 140 Å². The van der Waals surface area contributed by atoms with Gasteiger partial charge in [-0.1, -0.05) is 5.16 Å². The van der Waals surface area contributed by atoms with Crippen LogP contribution < -0.4 is 4.74 Å². The van der Waals surface area contributed by atoms with Crippen molar-refractivity contribution < 1.29 is 32.0 Å². The number of rotatable bonds is 3. The van der Waals surface area contributed by atoms with Crippen molar-refractivity contribution in [2.75, 3.05) is 26.3 Å². The molecule has 1 aliphatic heterocycles. The number of pyridine rings is 1. The minimum Gasteiger partial charge on any atom is -0.470 e. The van der Waals surface area contributed by atoms with E-state index in [1.807, 2.05) is 0 Å². The van der Waals surface area contributed by atoms with Crippen LogP contribution in [-0.4, -0.2) is 53.4 Å². The van der Waals surface area contributed by atoms with Crippen molar-refractivity contribution in [3.8, 4) is 5.88 Å². The van der Waals surface area contributed by atoms with E-state index in [0.717, 1.165) is 12.1 Å². The fourth-order valence-corrected chi connectivity index (χ4v) is 2.31. The van der Waals surface area contributed by atoms with E-state index in [1.54, 1.807) is 0 Å². The molecule has 1 saturated heterocycles. The quantitative estimate of drug-likeness (QED) is 0.836. The number of ether oxygens (including phenoxy) is 2. The van der Waals surface area contributed by atoms with Crippen LogP contribution in [0.15, 0.2) is 35.1 Å². The van der Waals surface area contributed by atoms with Crippen molar-refractivity contribution in [2.45, 2.75) is 12.3 Å². The van der Waals surface area contributed by atoms with Crippen molar-refractivity contribution in [1.82, 2.24) is 15.0 Å². The summed E-state index contributed by atoms with van der Waals surface area (Å²) in [5, 5.41) is 3.49. The second kappa shape index (κ2) is 7.09. The largest absolute Gasteiger partial charge is 0.470 e. The molecular formula is C15H14F3N3O4. The van der Waals surface area contributed by atoms with E-state index in [-0.39, 0.29) is 30.7 Å². The number of carbonyl (C=O) groups excluding carboxylic acids is 1. The second-order valence-corrected chi connectivity index (χ2v) is 5.33. The van der Waals surface area contributed by atoms with Gasteiger partial charge in [0.1, 0.15) is 6.10 Å². The summed E-state index contributed by atoms with van der Waals surface area (Å²) in [5.41, 5.74) is -0.862. The first kappa shape index (κ1) is 17.2. The molecule has 1 unspecified atom stereocenters. The highest BCUT2D eigenvalue weighted by Gasteiger charge is 2.31. The molecular weight excluding hydrogens is 343 g/mol. The fraction of sp³-hybridized carbons (Fsp3) is 0.400. The standard InChI is InChI=1S/C15H14F3N3O4/c16-15(17,18)10-1-2-13(19-7-10)24-11-8-21(5-6-23-9-11)14(22)12-3-4-20-25-12/h1-4,7,11H,5-6,8-9H2. The highest BCUT2D eigenvalue weighted by Crippen LogP contribution is 2.29. The topological polar surface area (TPSA) is 77.7 Å². The maximum Gasteiger partial charge on any atom is 0.417 e. The lowest BCUT2D eigenvalue weighted by Crippen LogP contribution is -2.40. The van der Waals surface area contributed by atoms with Gasteiger partial charge in [-0.15, -0.1) is 0 Å². The molecule has 1 amide bonds. The Morgan fingerprint density at radius 2 is 2.16 bits per heavy atom. The molecule has 2 aromatic heterocycles. The molecule has 3 rings (SSSR count). The number of hydrogen-bond donors (Lipinski definition) is 0. The number of amides is 1. The zero-order chi connectivity index (χ0) is 17.9. The summed E-state index contributed by atoms with van der Waals surface area (Å²) in [6.45, 7) is 1.01.